The smallest absolute Gasteiger partial charge is 0.0347 e. The molecule has 3 heteroatoms. The van der Waals surface area contributed by atoms with Crippen LogP contribution in [-0.4, -0.2) is 0 Å². The van der Waals surface area contributed by atoms with Gasteiger partial charge in [0.25, 0.3) is 0 Å². The molecule has 1 aromatic heterocycles. The van der Waals surface area contributed by atoms with Crippen LogP contribution in [0.1, 0.15) is 5.56 Å². The number of hydrogen-bond acceptors (Lipinski definition) is 3. The summed E-state index contributed by atoms with van der Waals surface area (Å²) in [4.78, 5) is 0. The molecule has 0 bridgehead atoms. The van der Waals surface area contributed by atoms with Crippen molar-refractivity contribution in [1.82, 2.24) is 0 Å². The fourth-order valence-corrected chi connectivity index (χ4v) is 2.55. The van der Waals surface area contributed by atoms with Crippen LogP contribution in [0.3, 0.4) is 0 Å². The highest BCUT2D eigenvalue weighted by atomic mass is 32.1. The second-order valence-corrected chi connectivity index (χ2v) is 3.90. The molecule has 0 fully saturated rings. The maximum atomic E-state index is 5.69. The van der Waals surface area contributed by atoms with Gasteiger partial charge in [-0.1, -0.05) is 0 Å². The molecule has 0 spiro atoms. The number of anilines is 1. The van der Waals surface area contributed by atoms with Gasteiger partial charge in [0.2, 0.25) is 0 Å². The van der Waals surface area contributed by atoms with E-state index in [0.29, 0.717) is 0 Å². The molecule has 0 radical (unpaired) electrons. The molecule has 1 aromatic carbocycles. The highest BCUT2D eigenvalue weighted by Crippen LogP contribution is 2.28. The van der Waals surface area contributed by atoms with Gasteiger partial charge in [-0.3, -0.25) is 0 Å². The van der Waals surface area contributed by atoms with E-state index in [-0.39, 0.29) is 0 Å². The minimum absolute atomic E-state index is 0.781. The number of thiol groups is 1. The number of nitrogens with two attached hydrogens (primary N) is 1. The summed E-state index contributed by atoms with van der Waals surface area (Å²) in [5, 5.41) is 3.38. The molecule has 0 amide bonds. The zero-order valence-corrected chi connectivity index (χ0v) is 8.16. The Labute approximate surface area is 80.6 Å². The molecule has 2 N–H and O–H groups in total. The van der Waals surface area contributed by atoms with E-state index in [0.717, 1.165) is 11.4 Å². The van der Waals surface area contributed by atoms with Crippen molar-refractivity contribution in [2.45, 2.75) is 5.75 Å². The standard InChI is InChI=1S/C9H9NS2/c10-7-1-2-9-8(3-7)6(4-11)5-12-9/h1-3,5,11H,4,10H2. The van der Waals surface area contributed by atoms with Crippen LogP contribution < -0.4 is 5.73 Å². The maximum absolute atomic E-state index is 5.69. The quantitative estimate of drug-likeness (QED) is 0.531. The summed E-state index contributed by atoms with van der Waals surface area (Å²) >= 11 is 5.99. The average molecular weight is 195 g/mol. The summed E-state index contributed by atoms with van der Waals surface area (Å²) < 4.78 is 1.29. The Hall–Kier alpha value is -0.670. The summed E-state index contributed by atoms with van der Waals surface area (Å²) in [7, 11) is 0. The summed E-state index contributed by atoms with van der Waals surface area (Å²) in [6.45, 7) is 0. The van der Waals surface area contributed by atoms with Crippen molar-refractivity contribution < 1.29 is 0 Å². The molecule has 0 aliphatic rings. The molecule has 1 nitrogen and oxygen atoms in total. The van der Waals surface area contributed by atoms with Crippen LogP contribution in [0.15, 0.2) is 23.6 Å². The van der Waals surface area contributed by atoms with Crippen LogP contribution in [0, 0.1) is 0 Å². The van der Waals surface area contributed by atoms with Gasteiger partial charge in [0.05, 0.1) is 0 Å². The van der Waals surface area contributed by atoms with Gasteiger partial charge in [0.15, 0.2) is 0 Å². The number of fused-ring (bicyclic) bond motifs is 1. The first-order valence-electron chi connectivity index (χ1n) is 3.67. The Balaban J connectivity index is 2.75. The molecular weight excluding hydrogens is 186 g/mol. The van der Waals surface area contributed by atoms with Crippen molar-refractivity contribution in [3.63, 3.8) is 0 Å². The predicted molar refractivity (Wildman–Crippen MR) is 58.9 cm³/mol. The zero-order chi connectivity index (χ0) is 8.55. The Morgan fingerprint density at radius 3 is 3.00 bits per heavy atom. The summed E-state index contributed by atoms with van der Waals surface area (Å²) in [6, 6.07) is 6.00. The van der Waals surface area contributed by atoms with E-state index < -0.39 is 0 Å². The van der Waals surface area contributed by atoms with Crippen molar-refractivity contribution in [3.8, 4) is 0 Å². The van der Waals surface area contributed by atoms with Crippen molar-refractivity contribution in [2.24, 2.45) is 0 Å². The lowest BCUT2D eigenvalue weighted by Crippen LogP contribution is -1.82. The molecule has 0 saturated heterocycles. The summed E-state index contributed by atoms with van der Waals surface area (Å²) in [6.07, 6.45) is 0. The highest BCUT2D eigenvalue weighted by molar-refractivity contribution is 7.79. The van der Waals surface area contributed by atoms with Gasteiger partial charge >= 0.3 is 0 Å². The van der Waals surface area contributed by atoms with Crippen molar-refractivity contribution >= 4 is 39.7 Å². The minimum atomic E-state index is 0.781. The topological polar surface area (TPSA) is 26.0 Å². The SMILES string of the molecule is Nc1ccc2scc(CS)c2c1. The maximum Gasteiger partial charge on any atom is 0.0347 e. The van der Waals surface area contributed by atoms with E-state index in [1.54, 1.807) is 11.3 Å². The third kappa shape index (κ3) is 1.19. The third-order valence-electron chi connectivity index (χ3n) is 1.85. The number of thiophene rings is 1. The molecule has 2 aromatic rings. The van der Waals surface area contributed by atoms with Crippen molar-refractivity contribution in [3.05, 3.63) is 29.1 Å². The number of benzene rings is 1. The first-order valence-corrected chi connectivity index (χ1v) is 5.19. The Kier molecular flexibility index (Phi) is 1.98. The van der Waals surface area contributed by atoms with Crippen molar-refractivity contribution in [2.75, 3.05) is 5.73 Å². The van der Waals surface area contributed by atoms with E-state index in [9.17, 15) is 0 Å². The van der Waals surface area contributed by atoms with Gasteiger partial charge in [0.1, 0.15) is 0 Å². The van der Waals surface area contributed by atoms with Gasteiger partial charge in [-0.25, -0.2) is 0 Å². The van der Waals surface area contributed by atoms with Crippen LogP contribution in [0.2, 0.25) is 0 Å². The lowest BCUT2D eigenvalue weighted by Gasteiger charge is -1.95. The first kappa shape index (κ1) is 7.95. The Morgan fingerprint density at radius 2 is 2.25 bits per heavy atom. The fourth-order valence-electron chi connectivity index (χ4n) is 1.22. The van der Waals surface area contributed by atoms with Crippen LogP contribution in [0.25, 0.3) is 10.1 Å². The largest absolute Gasteiger partial charge is 0.399 e. The second kappa shape index (κ2) is 2.99. The van der Waals surface area contributed by atoms with Gasteiger partial charge in [-0.05, 0) is 34.5 Å². The molecule has 1 heterocycles. The number of nitrogen functional groups attached to an aromatic ring is 1. The zero-order valence-electron chi connectivity index (χ0n) is 6.45. The predicted octanol–water partition coefficient (Wildman–Crippen LogP) is 2.91. The van der Waals surface area contributed by atoms with E-state index in [1.165, 1.54) is 15.6 Å². The fraction of sp³-hybridized carbons (Fsp3) is 0.111. The van der Waals surface area contributed by atoms with Gasteiger partial charge in [-0.15, -0.1) is 11.3 Å². The molecule has 2 rings (SSSR count). The molecule has 62 valence electrons. The van der Waals surface area contributed by atoms with Crippen LogP contribution in [-0.2, 0) is 5.75 Å². The molecule has 0 saturated carbocycles. The average Bonchev–Trinajstić information content (AvgIpc) is 2.46. The molecule has 0 aliphatic carbocycles. The lowest BCUT2D eigenvalue weighted by atomic mass is 10.2. The van der Waals surface area contributed by atoms with Crippen LogP contribution in [0.5, 0.6) is 0 Å². The molecule has 12 heavy (non-hydrogen) atoms. The highest BCUT2D eigenvalue weighted by Gasteiger charge is 2.01. The molecule has 0 atom stereocenters. The number of hydrogen-bond donors (Lipinski definition) is 2. The summed E-state index contributed by atoms with van der Waals surface area (Å²) in [5.74, 6) is 0.781. The monoisotopic (exact) mass is 195 g/mol. The van der Waals surface area contributed by atoms with Crippen LogP contribution in [0.4, 0.5) is 5.69 Å². The van der Waals surface area contributed by atoms with Crippen LogP contribution >= 0.6 is 24.0 Å². The first-order chi connectivity index (χ1) is 5.81. The van der Waals surface area contributed by atoms with Gasteiger partial charge < -0.3 is 5.73 Å². The molecule has 0 unspecified atom stereocenters. The van der Waals surface area contributed by atoms with Gasteiger partial charge in [0, 0.05) is 16.1 Å². The summed E-state index contributed by atoms with van der Waals surface area (Å²) in [5.41, 5.74) is 7.78. The second-order valence-electron chi connectivity index (χ2n) is 2.67. The van der Waals surface area contributed by atoms with Gasteiger partial charge in [-0.2, -0.15) is 12.6 Å². The normalized spacial score (nSPS) is 10.8. The van der Waals surface area contributed by atoms with E-state index in [1.807, 2.05) is 12.1 Å². The van der Waals surface area contributed by atoms with E-state index in [4.69, 9.17) is 5.73 Å². The minimum Gasteiger partial charge on any atom is -0.399 e. The number of rotatable bonds is 1. The Morgan fingerprint density at radius 1 is 1.42 bits per heavy atom. The molecule has 0 aliphatic heterocycles. The Bertz CT molecular complexity index is 406. The van der Waals surface area contributed by atoms with E-state index >= 15 is 0 Å². The lowest BCUT2D eigenvalue weighted by molar-refractivity contribution is 1.53. The van der Waals surface area contributed by atoms with Crippen molar-refractivity contribution in [1.29, 1.82) is 0 Å². The molecular formula is C9H9NS2. The van der Waals surface area contributed by atoms with E-state index in [2.05, 4.69) is 24.1 Å². The third-order valence-corrected chi connectivity index (χ3v) is 3.20.